The highest BCUT2D eigenvalue weighted by atomic mass is 32.1. The zero-order valence-corrected chi connectivity index (χ0v) is 10.2. The van der Waals surface area contributed by atoms with Crippen molar-refractivity contribution in [1.29, 1.82) is 0 Å². The summed E-state index contributed by atoms with van der Waals surface area (Å²) in [5.74, 6) is 0. The van der Waals surface area contributed by atoms with Crippen molar-refractivity contribution in [1.82, 2.24) is 15.3 Å². The summed E-state index contributed by atoms with van der Waals surface area (Å²) in [7, 11) is 0. The number of hydrogen-bond donors (Lipinski definition) is 1. The molecule has 0 saturated carbocycles. The first kappa shape index (κ1) is 10.2. The Morgan fingerprint density at radius 1 is 1.25 bits per heavy atom. The van der Waals surface area contributed by atoms with Crippen LogP contribution < -0.4 is 10.2 Å². The predicted molar refractivity (Wildman–Crippen MR) is 66.6 cm³/mol. The van der Waals surface area contributed by atoms with Gasteiger partial charge in [-0.3, -0.25) is 0 Å². The summed E-state index contributed by atoms with van der Waals surface area (Å²) < 4.78 is 0. The minimum absolute atomic E-state index is 0.302. The average molecular weight is 251 g/mol. The number of thiazole rings is 2. The maximum absolute atomic E-state index is 4.40. The molecule has 3 rings (SSSR count). The molecule has 1 aliphatic rings. The molecule has 1 aliphatic heterocycles. The lowest BCUT2D eigenvalue weighted by Crippen LogP contribution is -2.43. The van der Waals surface area contributed by atoms with Crippen molar-refractivity contribution in [3.63, 3.8) is 0 Å². The van der Waals surface area contributed by atoms with E-state index >= 15 is 0 Å². The Morgan fingerprint density at radius 3 is 2.88 bits per heavy atom. The van der Waals surface area contributed by atoms with Crippen molar-refractivity contribution >= 4 is 27.8 Å². The fourth-order valence-electron chi connectivity index (χ4n) is 1.78. The number of anilines is 1. The highest BCUT2D eigenvalue weighted by Gasteiger charge is 2.27. The first-order chi connectivity index (χ1) is 7.95. The van der Waals surface area contributed by atoms with Gasteiger partial charge in [-0.15, -0.1) is 22.7 Å². The molecule has 1 N–H and O–H groups in total. The van der Waals surface area contributed by atoms with Crippen molar-refractivity contribution in [2.45, 2.75) is 6.04 Å². The van der Waals surface area contributed by atoms with Crippen molar-refractivity contribution < 1.29 is 0 Å². The summed E-state index contributed by atoms with van der Waals surface area (Å²) in [6.45, 7) is 3.84. The Morgan fingerprint density at radius 2 is 2.12 bits per heavy atom. The molecule has 1 unspecified atom stereocenters. The van der Waals surface area contributed by atoms with Gasteiger partial charge >= 0.3 is 0 Å². The van der Waals surface area contributed by atoms with Gasteiger partial charge in [0.15, 0.2) is 5.13 Å². The largest absolute Gasteiger partial charge is 0.336 e. The van der Waals surface area contributed by atoms with Gasteiger partial charge in [0.1, 0.15) is 5.01 Å². The summed E-state index contributed by atoms with van der Waals surface area (Å²) in [6.07, 6.45) is 3.71. The third-order valence-electron chi connectivity index (χ3n) is 2.52. The van der Waals surface area contributed by atoms with E-state index < -0.39 is 0 Å². The maximum Gasteiger partial charge on any atom is 0.185 e. The lowest BCUT2D eigenvalue weighted by molar-refractivity contribution is 0.530. The van der Waals surface area contributed by atoms with Crippen LogP contribution in [0, 0.1) is 6.54 Å². The maximum atomic E-state index is 4.40. The Hall–Kier alpha value is -0.980. The van der Waals surface area contributed by atoms with Crippen LogP contribution in [0.1, 0.15) is 11.0 Å². The summed E-state index contributed by atoms with van der Waals surface area (Å²) in [5, 5.41) is 9.54. The SMILES string of the molecule is [CH]1CN(c2nccs2)C(c2nccs2)CN1. The number of aromatic nitrogens is 2. The summed E-state index contributed by atoms with van der Waals surface area (Å²) in [5.41, 5.74) is 0. The molecular weight excluding hydrogens is 240 g/mol. The zero-order valence-electron chi connectivity index (χ0n) is 8.54. The second-order valence-corrected chi connectivity index (χ2v) is 5.26. The Bertz CT molecular complexity index is 383. The average Bonchev–Trinajstić information content (AvgIpc) is 3.03. The van der Waals surface area contributed by atoms with Crippen LogP contribution in [0.5, 0.6) is 0 Å². The Labute approximate surface area is 102 Å². The smallest absolute Gasteiger partial charge is 0.185 e. The van der Waals surface area contributed by atoms with E-state index in [1.807, 2.05) is 23.2 Å². The van der Waals surface area contributed by atoms with E-state index in [2.05, 4.69) is 26.7 Å². The van der Waals surface area contributed by atoms with Crippen molar-refractivity contribution in [3.8, 4) is 0 Å². The quantitative estimate of drug-likeness (QED) is 0.885. The van der Waals surface area contributed by atoms with E-state index in [0.29, 0.717) is 6.04 Å². The first-order valence-corrected chi connectivity index (χ1v) is 6.81. The van der Waals surface area contributed by atoms with Crippen LogP contribution in [0.4, 0.5) is 5.13 Å². The molecule has 1 atom stereocenters. The lowest BCUT2D eigenvalue weighted by atomic mass is 10.2. The molecule has 4 nitrogen and oxygen atoms in total. The molecule has 83 valence electrons. The molecule has 1 saturated heterocycles. The number of nitrogens with zero attached hydrogens (tertiary/aromatic N) is 3. The molecule has 2 aromatic rings. The van der Waals surface area contributed by atoms with Gasteiger partial charge in [-0.05, 0) is 0 Å². The molecule has 0 amide bonds. The molecular formula is C10H11N4S2. The molecule has 3 heterocycles. The van der Waals surface area contributed by atoms with Gasteiger partial charge in [-0.1, -0.05) is 0 Å². The van der Waals surface area contributed by atoms with Gasteiger partial charge in [-0.25, -0.2) is 9.97 Å². The van der Waals surface area contributed by atoms with Gasteiger partial charge in [0.25, 0.3) is 0 Å². The second kappa shape index (κ2) is 4.48. The van der Waals surface area contributed by atoms with Gasteiger partial charge in [0.2, 0.25) is 0 Å². The van der Waals surface area contributed by atoms with Gasteiger partial charge in [-0.2, -0.15) is 0 Å². The van der Waals surface area contributed by atoms with Crippen LogP contribution in [0.2, 0.25) is 0 Å². The summed E-state index contributed by atoms with van der Waals surface area (Å²) in [4.78, 5) is 11.1. The molecule has 16 heavy (non-hydrogen) atoms. The molecule has 6 heteroatoms. The third-order valence-corrected chi connectivity index (χ3v) is 4.21. The van der Waals surface area contributed by atoms with Crippen LogP contribution in [0.25, 0.3) is 0 Å². The van der Waals surface area contributed by atoms with E-state index in [1.165, 1.54) is 0 Å². The van der Waals surface area contributed by atoms with Gasteiger partial charge in [0.05, 0.1) is 6.04 Å². The number of piperazine rings is 1. The highest BCUT2D eigenvalue weighted by molar-refractivity contribution is 7.13. The fourth-order valence-corrected chi connectivity index (χ4v) is 3.24. The Kier molecular flexibility index (Phi) is 2.86. The van der Waals surface area contributed by atoms with Gasteiger partial charge in [0, 0.05) is 42.8 Å². The summed E-state index contributed by atoms with van der Waals surface area (Å²) in [6, 6.07) is 0.302. The Balaban J connectivity index is 1.90. The number of nitrogens with one attached hydrogen (secondary N) is 1. The van der Waals surface area contributed by atoms with Crippen molar-refractivity contribution in [2.75, 3.05) is 18.0 Å². The molecule has 0 aromatic carbocycles. The topological polar surface area (TPSA) is 41.1 Å². The normalized spacial score (nSPS) is 21.2. The summed E-state index contributed by atoms with van der Waals surface area (Å²) >= 11 is 3.38. The molecule has 2 aromatic heterocycles. The molecule has 0 bridgehead atoms. The van der Waals surface area contributed by atoms with Crippen molar-refractivity contribution in [2.24, 2.45) is 0 Å². The van der Waals surface area contributed by atoms with E-state index in [1.54, 1.807) is 22.7 Å². The number of rotatable bonds is 2. The fraction of sp³-hybridized carbons (Fsp3) is 0.300. The standard InChI is InChI=1S/C10H11N4S2/c1-4-14(10-13-3-6-16-10)8(7-11-1)9-12-2-5-15-9/h1-3,5-6,8,11H,4,7H2. The minimum atomic E-state index is 0.302. The molecule has 0 spiro atoms. The lowest BCUT2D eigenvalue weighted by Gasteiger charge is -2.34. The van der Waals surface area contributed by atoms with Crippen molar-refractivity contribution in [3.05, 3.63) is 34.7 Å². The van der Waals surface area contributed by atoms with Crippen LogP contribution >= 0.6 is 22.7 Å². The van der Waals surface area contributed by atoms with Crippen LogP contribution in [0.15, 0.2) is 23.2 Å². The first-order valence-electron chi connectivity index (χ1n) is 5.06. The van der Waals surface area contributed by atoms with E-state index in [0.717, 1.165) is 23.2 Å². The highest BCUT2D eigenvalue weighted by Crippen LogP contribution is 2.30. The van der Waals surface area contributed by atoms with Crippen LogP contribution in [-0.4, -0.2) is 23.1 Å². The molecule has 1 radical (unpaired) electrons. The van der Waals surface area contributed by atoms with Gasteiger partial charge < -0.3 is 10.2 Å². The minimum Gasteiger partial charge on any atom is -0.336 e. The second-order valence-electron chi connectivity index (χ2n) is 3.47. The van der Waals surface area contributed by atoms with E-state index in [4.69, 9.17) is 0 Å². The molecule has 0 aliphatic carbocycles. The van der Waals surface area contributed by atoms with Crippen LogP contribution in [-0.2, 0) is 0 Å². The predicted octanol–water partition coefficient (Wildman–Crippen LogP) is 1.91. The molecule has 1 fully saturated rings. The van der Waals surface area contributed by atoms with E-state index in [9.17, 15) is 0 Å². The zero-order chi connectivity index (χ0) is 10.8. The third kappa shape index (κ3) is 1.83. The number of hydrogen-bond acceptors (Lipinski definition) is 6. The van der Waals surface area contributed by atoms with Crippen LogP contribution in [0.3, 0.4) is 0 Å². The monoisotopic (exact) mass is 251 g/mol. The van der Waals surface area contributed by atoms with E-state index in [-0.39, 0.29) is 0 Å².